The Balaban J connectivity index is 2.37. The minimum Gasteiger partial charge on any atom is -0.477 e. The maximum atomic E-state index is 12.4. The number of hydrogen-bond donors (Lipinski definition) is 1. The summed E-state index contributed by atoms with van der Waals surface area (Å²) in [6.45, 7) is 2.67. The molecule has 0 aliphatic carbocycles. The summed E-state index contributed by atoms with van der Waals surface area (Å²) in [6, 6.07) is 1.20. The number of nitrogens with zero attached hydrogens (tertiary/aromatic N) is 2. The molecule has 0 radical (unpaired) electrons. The third-order valence-corrected chi connectivity index (χ3v) is 4.94. The van der Waals surface area contributed by atoms with Crippen molar-refractivity contribution in [2.24, 2.45) is 7.05 Å². The molecule has 19 heavy (non-hydrogen) atoms. The van der Waals surface area contributed by atoms with Crippen LogP contribution in [0.15, 0.2) is 28.8 Å². The van der Waals surface area contributed by atoms with Gasteiger partial charge in [0.25, 0.3) is 0 Å². The molecule has 1 aliphatic heterocycles. The van der Waals surface area contributed by atoms with E-state index in [-0.39, 0.29) is 10.6 Å². The van der Waals surface area contributed by atoms with Gasteiger partial charge in [-0.25, -0.2) is 13.2 Å². The predicted molar refractivity (Wildman–Crippen MR) is 69.5 cm³/mol. The SMILES string of the molecule is CC1=CCCN(S(=O)(=O)c2cc(C(=O)O)n(C)c2)C1. The number of aromatic nitrogens is 1. The number of hydrogen-bond acceptors (Lipinski definition) is 3. The molecule has 104 valence electrons. The minimum atomic E-state index is -3.62. The van der Waals surface area contributed by atoms with E-state index in [1.165, 1.54) is 28.2 Å². The van der Waals surface area contributed by atoms with Crippen LogP contribution in [-0.4, -0.2) is 41.5 Å². The fourth-order valence-corrected chi connectivity index (χ4v) is 3.69. The molecule has 7 heteroatoms. The van der Waals surface area contributed by atoms with Gasteiger partial charge in [0.1, 0.15) is 10.6 Å². The molecule has 0 saturated heterocycles. The highest BCUT2D eigenvalue weighted by molar-refractivity contribution is 7.89. The summed E-state index contributed by atoms with van der Waals surface area (Å²) in [5, 5.41) is 8.96. The average Bonchev–Trinajstić information content (AvgIpc) is 2.72. The Labute approximate surface area is 112 Å². The quantitative estimate of drug-likeness (QED) is 0.842. The van der Waals surface area contributed by atoms with Crippen molar-refractivity contribution in [1.82, 2.24) is 8.87 Å². The number of carbonyl (C=O) groups is 1. The van der Waals surface area contributed by atoms with Crippen molar-refractivity contribution in [3.63, 3.8) is 0 Å². The Kier molecular flexibility index (Phi) is 3.51. The molecule has 1 aromatic heterocycles. The maximum absolute atomic E-state index is 12.4. The highest BCUT2D eigenvalue weighted by Crippen LogP contribution is 2.22. The third-order valence-electron chi connectivity index (χ3n) is 3.13. The fraction of sp³-hybridized carbons (Fsp3) is 0.417. The van der Waals surface area contributed by atoms with Crippen LogP contribution in [0.3, 0.4) is 0 Å². The second-order valence-electron chi connectivity index (χ2n) is 4.65. The zero-order chi connectivity index (χ0) is 14.2. The summed E-state index contributed by atoms with van der Waals surface area (Å²) >= 11 is 0. The number of sulfonamides is 1. The molecule has 2 rings (SSSR count). The van der Waals surface area contributed by atoms with Crippen molar-refractivity contribution in [3.05, 3.63) is 29.6 Å². The first-order chi connectivity index (χ1) is 8.82. The van der Waals surface area contributed by atoms with E-state index in [4.69, 9.17) is 5.11 Å². The van der Waals surface area contributed by atoms with E-state index in [2.05, 4.69) is 0 Å². The number of aromatic carboxylic acids is 1. The van der Waals surface area contributed by atoms with Gasteiger partial charge in [-0.05, 0) is 19.4 Å². The van der Waals surface area contributed by atoms with Crippen LogP contribution in [0.5, 0.6) is 0 Å². The highest BCUT2D eigenvalue weighted by atomic mass is 32.2. The summed E-state index contributed by atoms with van der Waals surface area (Å²) < 4.78 is 27.5. The van der Waals surface area contributed by atoms with Crippen LogP contribution in [0, 0.1) is 0 Å². The van der Waals surface area contributed by atoms with Gasteiger partial charge in [0.15, 0.2) is 0 Å². The van der Waals surface area contributed by atoms with E-state index < -0.39 is 16.0 Å². The zero-order valence-electron chi connectivity index (χ0n) is 10.8. The Hall–Kier alpha value is -1.60. The molecule has 0 atom stereocenters. The number of aryl methyl sites for hydroxylation is 1. The minimum absolute atomic E-state index is 0.0297. The molecule has 0 bridgehead atoms. The lowest BCUT2D eigenvalue weighted by Crippen LogP contribution is -2.35. The lowest BCUT2D eigenvalue weighted by atomic mass is 10.2. The van der Waals surface area contributed by atoms with Crippen LogP contribution in [-0.2, 0) is 17.1 Å². The van der Waals surface area contributed by atoms with Crippen LogP contribution in [0.4, 0.5) is 0 Å². The number of carboxylic acids is 1. The lowest BCUT2D eigenvalue weighted by molar-refractivity contribution is 0.0686. The van der Waals surface area contributed by atoms with Crippen molar-refractivity contribution in [1.29, 1.82) is 0 Å². The summed E-state index contributed by atoms with van der Waals surface area (Å²) in [6.07, 6.45) is 4.04. The summed E-state index contributed by atoms with van der Waals surface area (Å²) in [7, 11) is -2.10. The van der Waals surface area contributed by atoms with Crippen LogP contribution < -0.4 is 0 Å². The standard InChI is InChI=1S/C12H16N2O4S/c1-9-4-3-5-14(7-9)19(17,18)10-6-11(12(15)16)13(2)8-10/h4,6,8H,3,5,7H2,1-2H3,(H,15,16). The van der Waals surface area contributed by atoms with Crippen molar-refractivity contribution in [3.8, 4) is 0 Å². The zero-order valence-corrected chi connectivity index (χ0v) is 11.6. The third kappa shape index (κ3) is 2.57. The molecule has 0 unspecified atom stereocenters. The molecule has 0 spiro atoms. The van der Waals surface area contributed by atoms with Crippen molar-refractivity contribution >= 4 is 16.0 Å². The molecule has 0 amide bonds. The second-order valence-corrected chi connectivity index (χ2v) is 6.59. The molecule has 0 fully saturated rings. The van der Waals surface area contributed by atoms with E-state index in [1.807, 2.05) is 13.0 Å². The van der Waals surface area contributed by atoms with Gasteiger partial charge in [-0.1, -0.05) is 11.6 Å². The molecule has 1 aliphatic rings. The molecule has 0 saturated carbocycles. The van der Waals surface area contributed by atoms with Gasteiger partial charge < -0.3 is 9.67 Å². The molecule has 2 heterocycles. The molecule has 6 nitrogen and oxygen atoms in total. The van der Waals surface area contributed by atoms with Gasteiger partial charge in [-0.15, -0.1) is 0 Å². The van der Waals surface area contributed by atoms with Crippen molar-refractivity contribution < 1.29 is 18.3 Å². The largest absolute Gasteiger partial charge is 0.477 e. The van der Waals surface area contributed by atoms with Crippen LogP contribution in [0.25, 0.3) is 0 Å². The predicted octanol–water partition coefficient (Wildman–Crippen LogP) is 1.06. The van der Waals surface area contributed by atoms with E-state index in [0.29, 0.717) is 19.5 Å². The number of rotatable bonds is 3. The molecule has 0 aromatic carbocycles. The smallest absolute Gasteiger partial charge is 0.352 e. The van der Waals surface area contributed by atoms with Gasteiger partial charge in [0.2, 0.25) is 10.0 Å². The molecule has 1 aromatic rings. The maximum Gasteiger partial charge on any atom is 0.352 e. The Bertz CT molecular complexity index is 643. The lowest BCUT2D eigenvalue weighted by Gasteiger charge is -2.24. The van der Waals surface area contributed by atoms with Gasteiger partial charge in [0, 0.05) is 26.3 Å². The first-order valence-electron chi connectivity index (χ1n) is 5.88. The highest BCUT2D eigenvalue weighted by Gasteiger charge is 2.28. The summed E-state index contributed by atoms with van der Waals surface area (Å²) in [4.78, 5) is 11.0. The van der Waals surface area contributed by atoms with E-state index in [9.17, 15) is 13.2 Å². The molecular weight excluding hydrogens is 268 g/mol. The normalized spacial score (nSPS) is 17.3. The van der Waals surface area contributed by atoms with Crippen LogP contribution >= 0.6 is 0 Å². The molecular formula is C12H16N2O4S. The Morgan fingerprint density at radius 2 is 2.11 bits per heavy atom. The van der Waals surface area contributed by atoms with Gasteiger partial charge in [0.05, 0.1) is 0 Å². The van der Waals surface area contributed by atoms with Gasteiger partial charge in [-0.2, -0.15) is 4.31 Å². The van der Waals surface area contributed by atoms with Crippen molar-refractivity contribution in [2.45, 2.75) is 18.2 Å². The summed E-state index contributed by atoms with van der Waals surface area (Å²) in [5.74, 6) is -1.14. The Morgan fingerprint density at radius 3 is 2.63 bits per heavy atom. The molecule has 1 N–H and O–H groups in total. The van der Waals surface area contributed by atoms with Gasteiger partial charge >= 0.3 is 5.97 Å². The summed E-state index contributed by atoms with van der Waals surface area (Å²) in [5.41, 5.74) is 0.965. The topological polar surface area (TPSA) is 79.6 Å². The van der Waals surface area contributed by atoms with Crippen LogP contribution in [0.2, 0.25) is 0 Å². The Morgan fingerprint density at radius 1 is 1.42 bits per heavy atom. The average molecular weight is 284 g/mol. The second kappa shape index (κ2) is 4.82. The monoisotopic (exact) mass is 284 g/mol. The van der Waals surface area contributed by atoms with Gasteiger partial charge in [-0.3, -0.25) is 0 Å². The van der Waals surface area contributed by atoms with E-state index in [0.717, 1.165) is 5.57 Å². The fourth-order valence-electron chi connectivity index (χ4n) is 2.12. The van der Waals surface area contributed by atoms with Crippen molar-refractivity contribution in [2.75, 3.05) is 13.1 Å². The van der Waals surface area contributed by atoms with Crippen LogP contribution in [0.1, 0.15) is 23.8 Å². The first-order valence-corrected chi connectivity index (χ1v) is 7.32. The van der Waals surface area contributed by atoms with E-state index in [1.54, 1.807) is 0 Å². The van der Waals surface area contributed by atoms with E-state index >= 15 is 0 Å². The first kappa shape index (κ1) is 13.8. The number of carboxylic acid groups (broad SMARTS) is 1.